The highest BCUT2D eigenvalue weighted by atomic mass is 16.6. The molecule has 1 fully saturated rings. The first-order chi connectivity index (χ1) is 23.7. The first-order valence-electron chi connectivity index (χ1n) is 15.8. The molecular formula is C38H34N2O9. The molecule has 49 heavy (non-hydrogen) atoms. The molecule has 4 aromatic rings. The summed E-state index contributed by atoms with van der Waals surface area (Å²) in [5, 5.41) is 14.0. The number of carbonyl (C=O) groups is 5. The Morgan fingerprint density at radius 1 is 0.837 bits per heavy atom. The molecule has 2 amide bonds. The van der Waals surface area contributed by atoms with Crippen molar-refractivity contribution in [3.8, 4) is 0 Å². The summed E-state index contributed by atoms with van der Waals surface area (Å²) >= 11 is 0. The third kappa shape index (κ3) is 7.21. The van der Waals surface area contributed by atoms with Gasteiger partial charge in [0.2, 0.25) is 0 Å². The Hall–Kier alpha value is -5.81. The quantitative estimate of drug-likeness (QED) is 0.187. The lowest BCUT2D eigenvalue weighted by atomic mass is 9.87. The molecule has 2 heterocycles. The van der Waals surface area contributed by atoms with Crippen LogP contribution in [0, 0.1) is 0 Å². The third-order valence-corrected chi connectivity index (χ3v) is 8.62. The topological polar surface area (TPSA) is 149 Å². The Morgan fingerprint density at radius 2 is 1.47 bits per heavy atom. The van der Waals surface area contributed by atoms with Crippen molar-refractivity contribution < 1.29 is 43.3 Å². The number of aliphatic hydroxyl groups is 1. The van der Waals surface area contributed by atoms with Gasteiger partial charge >= 0.3 is 17.9 Å². The number of amides is 2. The van der Waals surface area contributed by atoms with E-state index < -0.39 is 54.2 Å². The summed E-state index contributed by atoms with van der Waals surface area (Å²) in [4.78, 5) is 67.0. The lowest BCUT2D eigenvalue weighted by Crippen LogP contribution is -2.46. The monoisotopic (exact) mass is 662 g/mol. The van der Waals surface area contributed by atoms with E-state index in [-0.39, 0.29) is 31.0 Å². The van der Waals surface area contributed by atoms with E-state index in [9.17, 15) is 29.1 Å². The van der Waals surface area contributed by atoms with E-state index >= 15 is 0 Å². The van der Waals surface area contributed by atoms with Gasteiger partial charge in [0.15, 0.2) is 6.10 Å². The standard InChI is InChI=1S/C38H34N2O9/c1-23(41)47-22-27-18-11-19-29-31(27)34(49-37(45)26-16-9-4-10-17-26)30-20-28(21-40(30)36(29)44)48-38(46)33(42)32(24-12-5-2-6-13-24)39-35(43)25-14-7-3-8-15-25/h2-19,28,30,32-34,42H,20-22H2,1H3,(H,39,43)/t28-,30+,32-,33+,34+/m0/s1. The molecule has 6 rings (SSSR count). The predicted octanol–water partition coefficient (Wildman–Crippen LogP) is 4.32. The molecule has 0 aromatic heterocycles. The number of nitrogens with one attached hydrogen (secondary N) is 1. The Balaban J connectivity index is 1.25. The van der Waals surface area contributed by atoms with Gasteiger partial charge in [-0.3, -0.25) is 14.4 Å². The first kappa shape index (κ1) is 33.1. The summed E-state index contributed by atoms with van der Waals surface area (Å²) < 4.78 is 17.2. The van der Waals surface area contributed by atoms with E-state index in [1.54, 1.807) is 109 Å². The Kier molecular flexibility index (Phi) is 9.82. The van der Waals surface area contributed by atoms with Crippen LogP contribution in [-0.4, -0.2) is 64.5 Å². The summed E-state index contributed by atoms with van der Waals surface area (Å²) in [6.45, 7) is 1.11. The van der Waals surface area contributed by atoms with Crippen LogP contribution in [0.5, 0.6) is 0 Å². The van der Waals surface area contributed by atoms with E-state index in [2.05, 4.69) is 5.32 Å². The van der Waals surface area contributed by atoms with Crippen LogP contribution in [0.2, 0.25) is 0 Å². The number of hydrogen-bond donors (Lipinski definition) is 2. The van der Waals surface area contributed by atoms with Crippen LogP contribution < -0.4 is 5.32 Å². The summed E-state index contributed by atoms with van der Waals surface area (Å²) in [7, 11) is 0. The van der Waals surface area contributed by atoms with Crippen molar-refractivity contribution >= 4 is 29.7 Å². The van der Waals surface area contributed by atoms with Gasteiger partial charge in [-0.1, -0.05) is 78.9 Å². The third-order valence-electron chi connectivity index (χ3n) is 8.62. The number of nitrogens with zero attached hydrogens (tertiary/aromatic N) is 1. The summed E-state index contributed by atoms with van der Waals surface area (Å²) in [6.07, 6.45) is -3.56. The lowest BCUT2D eigenvalue weighted by Gasteiger charge is -2.38. The fourth-order valence-corrected chi connectivity index (χ4v) is 6.30. The van der Waals surface area contributed by atoms with Gasteiger partial charge in [-0.05, 0) is 41.5 Å². The maximum atomic E-state index is 13.8. The van der Waals surface area contributed by atoms with E-state index in [1.807, 2.05) is 0 Å². The molecule has 0 spiro atoms. The van der Waals surface area contributed by atoms with Crippen LogP contribution in [0.1, 0.15) is 73.3 Å². The van der Waals surface area contributed by atoms with Crippen LogP contribution in [0.25, 0.3) is 0 Å². The Bertz CT molecular complexity index is 1850. The van der Waals surface area contributed by atoms with Crippen molar-refractivity contribution in [3.05, 3.63) is 143 Å². The second-order valence-corrected chi connectivity index (χ2v) is 11.8. The molecule has 4 aromatic carbocycles. The lowest BCUT2D eigenvalue weighted by molar-refractivity contribution is -0.160. The Morgan fingerprint density at radius 3 is 2.12 bits per heavy atom. The summed E-state index contributed by atoms with van der Waals surface area (Å²) in [6, 6.07) is 28.5. The molecular weight excluding hydrogens is 628 g/mol. The van der Waals surface area contributed by atoms with Crippen molar-refractivity contribution in [2.75, 3.05) is 6.54 Å². The smallest absolute Gasteiger partial charge is 0.338 e. The maximum absolute atomic E-state index is 13.8. The minimum atomic E-state index is -1.79. The van der Waals surface area contributed by atoms with Crippen molar-refractivity contribution in [3.63, 3.8) is 0 Å². The fraction of sp³-hybridized carbons (Fsp3) is 0.237. The molecule has 2 N–H and O–H groups in total. The molecule has 0 unspecified atom stereocenters. The van der Waals surface area contributed by atoms with Crippen molar-refractivity contribution in [2.45, 2.75) is 50.3 Å². The van der Waals surface area contributed by atoms with Gasteiger partial charge in [-0.2, -0.15) is 0 Å². The van der Waals surface area contributed by atoms with Crippen molar-refractivity contribution in [1.82, 2.24) is 10.2 Å². The molecule has 2 aliphatic heterocycles. The first-order valence-corrected chi connectivity index (χ1v) is 15.8. The number of fused-ring (bicyclic) bond motifs is 2. The maximum Gasteiger partial charge on any atom is 0.338 e. The number of carbonyl (C=O) groups excluding carboxylic acids is 5. The van der Waals surface area contributed by atoms with Gasteiger partial charge in [0.25, 0.3) is 11.8 Å². The number of ether oxygens (including phenoxy) is 3. The molecule has 250 valence electrons. The van der Waals surface area contributed by atoms with Gasteiger partial charge in [-0.15, -0.1) is 0 Å². The number of benzene rings is 4. The van der Waals surface area contributed by atoms with E-state index in [0.29, 0.717) is 27.8 Å². The van der Waals surface area contributed by atoms with Crippen LogP contribution >= 0.6 is 0 Å². The van der Waals surface area contributed by atoms with Gasteiger partial charge in [0, 0.05) is 30.0 Å². The zero-order valence-electron chi connectivity index (χ0n) is 26.6. The van der Waals surface area contributed by atoms with Crippen LogP contribution in [0.15, 0.2) is 109 Å². The molecule has 1 saturated heterocycles. The molecule has 0 aliphatic carbocycles. The van der Waals surface area contributed by atoms with Crippen molar-refractivity contribution in [2.24, 2.45) is 0 Å². The van der Waals surface area contributed by atoms with Gasteiger partial charge < -0.3 is 29.5 Å². The number of rotatable bonds is 10. The minimum Gasteiger partial charge on any atom is -0.461 e. The summed E-state index contributed by atoms with van der Waals surface area (Å²) in [5.41, 5.74) is 2.32. The molecule has 11 heteroatoms. The largest absolute Gasteiger partial charge is 0.461 e. The number of aliphatic hydroxyl groups excluding tert-OH is 1. The van der Waals surface area contributed by atoms with Crippen LogP contribution in [0.4, 0.5) is 0 Å². The van der Waals surface area contributed by atoms with Gasteiger partial charge in [0.1, 0.15) is 18.8 Å². The average molecular weight is 663 g/mol. The van der Waals surface area contributed by atoms with Gasteiger partial charge in [-0.25, -0.2) is 9.59 Å². The zero-order valence-corrected chi connectivity index (χ0v) is 26.6. The predicted molar refractivity (Wildman–Crippen MR) is 175 cm³/mol. The van der Waals surface area contributed by atoms with E-state index in [1.165, 1.54) is 11.8 Å². The molecule has 11 nitrogen and oxygen atoms in total. The molecule has 2 aliphatic rings. The molecule has 0 radical (unpaired) electrons. The second kappa shape index (κ2) is 14.5. The highest BCUT2D eigenvalue weighted by molar-refractivity contribution is 5.99. The fourth-order valence-electron chi connectivity index (χ4n) is 6.30. The molecule has 5 atom stereocenters. The van der Waals surface area contributed by atoms with Crippen LogP contribution in [0.3, 0.4) is 0 Å². The summed E-state index contributed by atoms with van der Waals surface area (Å²) in [5.74, 6) is -2.99. The average Bonchev–Trinajstić information content (AvgIpc) is 3.55. The van der Waals surface area contributed by atoms with E-state index in [4.69, 9.17) is 14.2 Å². The number of hydrogen-bond acceptors (Lipinski definition) is 9. The highest BCUT2D eigenvalue weighted by Gasteiger charge is 2.50. The van der Waals surface area contributed by atoms with Crippen molar-refractivity contribution in [1.29, 1.82) is 0 Å². The molecule has 0 saturated carbocycles. The minimum absolute atomic E-state index is 0.0264. The van der Waals surface area contributed by atoms with E-state index in [0.717, 1.165) is 0 Å². The SMILES string of the molecule is CC(=O)OCc1cccc2c1[C@H](OC(=O)c1ccccc1)[C@H]1C[C@H](OC(=O)[C@H](O)[C@@H](NC(=O)c3ccccc3)c3ccccc3)CN1C2=O. The van der Waals surface area contributed by atoms with Crippen LogP contribution in [-0.2, 0) is 30.4 Å². The highest BCUT2D eigenvalue weighted by Crippen LogP contribution is 2.42. The normalized spacial score (nSPS) is 19.1. The Labute approximate surface area is 282 Å². The number of esters is 3. The zero-order chi connectivity index (χ0) is 34.5. The molecule has 0 bridgehead atoms. The second-order valence-electron chi connectivity index (χ2n) is 11.8. The van der Waals surface area contributed by atoms with Gasteiger partial charge in [0.05, 0.1) is 24.2 Å².